The van der Waals surface area contributed by atoms with Gasteiger partial charge in [0.05, 0.1) is 0 Å². The van der Waals surface area contributed by atoms with Gasteiger partial charge in [-0.1, -0.05) is 96.8 Å². The van der Waals surface area contributed by atoms with Crippen LogP contribution in [0.25, 0.3) is 0 Å². The molecule has 7 N–H and O–H groups in total. The number of nitrogens with one attached hydrogen (secondary N) is 3. The van der Waals surface area contributed by atoms with Crippen LogP contribution in [-0.4, -0.2) is 29.9 Å². The molecular weight excluding hydrogens is 436 g/mol. The van der Waals surface area contributed by atoms with Crippen molar-refractivity contribution < 1.29 is 0 Å². The van der Waals surface area contributed by atoms with Crippen molar-refractivity contribution in [2.24, 2.45) is 0 Å². The maximum absolute atomic E-state index is 10.2. The lowest BCUT2D eigenvalue weighted by molar-refractivity contribution is 0.531. The van der Waals surface area contributed by atoms with Gasteiger partial charge < -0.3 is 11.5 Å². The van der Waals surface area contributed by atoms with Gasteiger partial charge in [0.1, 0.15) is 5.82 Å². The molecule has 0 aliphatic carbocycles. The van der Waals surface area contributed by atoms with E-state index in [1.165, 1.54) is 89.9 Å². The van der Waals surface area contributed by atoms with Gasteiger partial charge >= 0.3 is 17.1 Å². The molecule has 2 rings (SSSR count). The monoisotopic (exact) mass is 478 g/mol. The third-order valence-corrected chi connectivity index (χ3v) is 5.40. The van der Waals surface area contributed by atoms with E-state index in [4.69, 9.17) is 11.5 Å². The molecule has 0 aliphatic heterocycles. The summed E-state index contributed by atoms with van der Waals surface area (Å²) in [6, 6.07) is 0. The van der Waals surface area contributed by atoms with Gasteiger partial charge in [0, 0.05) is 6.42 Å². The topological polar surface area (TPSA) is 189 Å². The lowest BCUT2D eigenvalue weighted by Gasteiger charge is -2.04. The molecule has 0 atom stereocenters. The molecule has 192 valence electrons. The number of nitrogens with zero attached hydrogens (tertiary/aromatic N) is 3. The standard InChI is InChI=1S/C20H39N5.C3H3N3O3/c1-2-3-4-5-6-7-8-9-10-11-12-13-14-15-16-17-18-23-19(21)25-20(22)24-18;7-1-4-2(8)6-3(9)5-1/h2-17H2,1H3,(H4,21,22,23,24,25);(H3,4,5,6,7,8,9). The first-order valence-electron chi connectivity index (χ1n) is 12.6. The summed E-state index contributed by atoms with van der Waals surface area (Å²) in [7, 11) is 0. The van der Waals surface area contributed by atoms with Crippen molar-refractivity contribution in [3.05, 3.63) is 37.3 Å². The van der Waals surface area contributed by atoms with Gasteiger partial charge in [-0.25, -0.2) is 14.4 Å². The maximum atomic E-state index is 10.2. The zero-order chi connectivity index (χ0) is 25.0. The van der Waals surface area contributed by atoms with E-state index in [9.17, 15) is 14.4 Å². The molecule has 0 fully saturated rings. The fourth-order valence-electron chi connectivity index (χ4n) is 3.63. The van der Waals surface area contributed by atoms with Crippen molar-refractivity contribution in [2.45, 2.75) is 110 Å². The van der Waals surface area contributed by atoms with Gasteiger partial charge in [0.2, 0.25) is 11.9 Å². The van der Waals surface area contributed by atoms with E-state index >= 15 is 0 Å². The lowest BCUT2D eigenvalue weighted by Crippen LogP contribution is -2.34. The van der Waals surface area contributed by atoms with Gasteiger partial charge in [0.25, 0.3) is 0 Å². The van der Waals surface area contributed by atoms with E-state index in [1.54, 1.807) is 15.0 Å². The molecule has 2 heterocycles. The molecule has 2 aromatic heterocycles. The zero-order valence-corrected chi connectivity index (χ0v) is 20.5. The van der Waals surface area contributed by atoms with Crippen molar-refractivity contribution in [2.75, 3.05) is 11.5 Å². The van der Waals surface area contributed by atoms with E-state index in [0.717, 1.165) is 18.7 Å². The number of rotatable bonds is 16. The number of aromatic amines is 3. The van der Waals surface area contributed by atoms with Gasteiger partial charge in [-0.3, -0.25) is 15.0 Å². The van der Waals surface area contributed by atoms with Crippen molar-refractivity contribution in [1.82, 2.24) is 29.9 Å². The molecule has 0 radical (unpaired) electrons. The Morgan fingerprint density at radius 1 is 0.529 bits per heavy atom. The SMILES string of the molecule is CCCCCCCCCCCCCCCCCc1nc(N)nc(N)n1.O=c1[nH]c(=O)[nH]c(=O)[nH]1. The number of nitrogens with two attached hydrogens (primary N) is 2. The second-order valence-corrected chi connectivity index (χ2v) is 8.53. The molecule has 11 nitrogen and oxygen atoms in total. The lowest BCUT2D eigenvalue weighted by atomic mass is 10.0. The van der Waals surface area contributed by atoms with E-state index in [1.807, 2.05) is 0 Å². The Hall–Kier alpha value is -2.98. The van der Waals surface area contributed by atoms with Gasteiger partial charge in [0.15, 0.2) is 0 Å². The molecule has 0 unspecified atom stereocenters. The molecule has 2 aromatic rings. The third kappa shape index (κ3) is 15.8. The Labute approximate surface area is 200 Å². The highest BCUT2D eigenvalue weighted by Crippen LogP contribution is 2.14. The number of anilines is 2. The minimum Gasteiger partial charge on any atom is -0.368 e. The molecule has 0 aromatic carbocycles. The predicted octanol–water partition coefficient (Wildman–Crippen LogP) is 3.20. The Balaban J connectivity index is 0.000000533. The summed E-state index contributed by atoms with van der Waals surface area (Å²) in [6.07, 6.45) is 21.4. The first kappa shape index (κ1) is 29.1. The Morgan fingerprint density at radius 3 is 1.21 bits per heavy atom. The van der Waals surface area contributed by atoms with Crippen LogP contribution in [-0.2, 0) is 6.42 Å². The van der Waals surface area contributed by atoms with Gasteiger partial charge in [-0.05, 0) is 6.42 Å². The zero-order valence-electron chi connectivity index (χ0n) is 20.5. The molecule has 34 heavy (non-hydrogen) atoms. The smallest absolute Gasteiger partial charge is 0.330 e. The molecule has 0 spiro atoms. The largest absolute Gasteiger partial charge is 0.368 e. The Bertz CT molecular complexity index is 855. The van der Waals surface area contributed by atoms with Crippen molar-refractivity contribution in [3.8, 4) is 0 Å². The first-order chi connectivity index (χ1) is 16.4. The summed E-state index contributed by atoms with van der Waals surface area (Å²) in [4.78, 5) is 47.9. The number of H-pyrrole nitrogens is 3. The second kappa shape index (κ2) is 18.4. The number of nitrogen functional groups attached to an aromatic ring is 2. The minimum absolute atomic E-state index is 0.225. The van der Waals surface area contributed by atoms with Crippen molar-refractivity contribution in [3.63, 3.8) is 0 Å². The normalized spacial score (nSPS) is 10.6. The number of hydrogen-bond acceptors (Lipinski definition) is 8. The van der Waals surface area contributed by atoms with Crippen molar-refractivity contribution in [1.29, 1.82) is 0 Å². The van der Waals surface area contributed by atoms with E-state index in [-0.39, 0.29) is 11.9 Å². The van der Waals surface area contributed by atoms with Crippen molar-refractivity contribution >= 4 is 11.9 Å². The summed E-state index contributed by atoms with van der Waals surface area (Å²) >= 11 is 0. The molecule has 11 heteroatoms. The predicted molar refractivity (Wildman–Crippen MR) is 136 cm³/mol. The number of aryl methyl sites for hydroxylation is 1. The van der Waals surface area contributed by atoms with Crippen LogP contribution in [0.3, 0.4) is 0 Å². The summed E-state index contributed by atoms with van der Waals surface area (Å²) < 4.78 is 0. The quantitative estimate of drug-likeness (QED) is 0.227. The number of unbranched alkanes of at least 4 members (excludes halogenated alkanes) is 14. The highest BCUT2D eigenvalue weighted by atomic mass is 16.2. The second-order valence-electron chi connectivity index (χ2n) is 8.53. The molecular formula is C23H42N8O3. The van der Waals surface area contributed by atoms with Crippen LogP contribution in [0.4, 0.5) is 11.9 Å². The van der Waals surface area contributed by atoms with Crippen LogP contribution >= 0.6 is 0 Å². The van der Waals surface area contributed by atoms with Gasteiger partial charge in [-0.2, -0.15) is 15.0 Å². The Kier molecular flexibility index (Phi) is 15.8. The maximum Gasteiger partial charge on any atom is 0.330 e. The van der Waals surface area contributed by atoms with Crippen LogP contribution < -0.4 is 28.5 Å². The fraction of sp³-hybridized carbons (Fsp3) is 0.739. The fourth-order valence-corrected chi connectivity index (χ4v) is 3.63. The molecule has 0 saturated carbocycles. The summed E-state index contributed by atoms with van der Waals surface area (Å²) in [6.45, 7) is 2.28. The average molecular weight is 479 g/mol. The Morgan fingerprint density at radius 2 is 0.853 bits per heavy atom. The third-order valence-electron chi connectivity index (χ3n) is 5.40. The number of hydrogen-bond donors (Lipinski definition) is 5. The first-order valence-corrected chi connectivity index (χ1v) is 12.6. The minimum atomic E-state index is -0.802. The average Bonchev–Trinajstić information content (AvgIpc) is 2.75. The van der Waals surface area contributed by atoms with Crippen LogP contribution in [0.1, 0.15) is 109 Å². The summed E-state index contributed by atoms with van der Waals surface area (Å²) in [5.41, 5.74) is 8.74. The molecule has 0 amide bonds. The van der Waals surface area contributed by atoms with Crippen LogP contribution in [0.5, 0.6) is 0 Å². The van der Waals surface area contributed by atoms with Crippen LogP contribution in [0, 0.1) is 0 Å². The molecule has 0 bridgehead atoms. The van der Waals surface area contributed by atoms with Crippen LogP contribution in [0.2, 0.25) is 0 Å². The van der Waals surface area contributed by atoms with Gasteiger partial charge in [-0.15, -0.1) is 0 Å². The summed E-state index contributed by atoms with van der Waals surface area (Å²) in [5, 5.41) is 0. The summed E-state index contributed by atoms with van der Waals surface area (Å²) in [5.74, 6) is 1.17. The van der Waals surface area contributed by atoms with Crippen LogP contribution in [0.15, 0.2) is 14.4 Å². The van der Waals surface area contributed by atoms with E-state index in [0.29, 0.717) is 0 Å². The highest BCUT2D eigenvalue weighted by Gasteiger charge is 2.01. The van der Waals surface area contributed by atoms with E-state index < -0.39 is 17.1 Å². The van der Waals surface area contributed by atoms with E-state index in [2.05, 4.69) is 21.9 Å². The molecule has 0 aliphatic rings. The highest BCUT2D eigenvalue weighted by molar-refractivity contribution is 5.25. The molecule has 0 saturated heterocycles. The number of aromatic nitrogens is 6.